The molecular formula is C69H76BrN9O6S. The van der Waals surface area contributed by atoms with E-state index in [1.54, 1.807) is 19.1 Å². The zero-order chi connectivity index (χ0) is 57.2. The Morgan fingerprint density at radius 2 is 0.942 bits per heavy atom. The van der Waals surface area contributed by atoms with Gasteiger partial charge in [-0.1, -0.05) is 88.1 Å². The van der Waals surface area contributed by atoms with Gasteiger partial charge in [-0.2, -0.15) is 12.8 Å². The smallest absolute Gasteiger partial charge is 0.311 e. The summed E-state index contributed by atoms with van der Waals surface area (Å²) in [5.41, 5.74) is 23.4. The second-order valence-electron chi connectivity index (χ2n) is 21.0. The number of carbonyl (C=O) groups excluding carboxylic acids is 4. The van der Waals surface area contributed by atoms with Crippen molar-refractivity contribution < 1.29 is 27.6 Å². The van der Waals surface area contributed by atoms with E-state index in [2.05, 4.69) is 87.5 Å². The molecule has 4 amide bonds. The highest BCUT2D eigenvalue weighted by molar-refractivity contribution is 9.10. The highest BCUT2D eigenvalue weighted by Crippen LogP contribution is 2.39. The van der Waals surface area contributed by atoms with E-state index in [1.807, 2.05) is 122 Å². The first-order chi connectivity index (χ1) is 39.6. The summed E-state index contributed by atoms with van der Waals surface area (Å²) in [6.45, 7) is 7.92. The second-order valence-corrected chi connectivity index (χ2v) is 22.6. The maximum absolute atomic E-state index is 12.4. The van der Waals surface area contributed by atoms with Crippen molar-refractivity contribution >= 4 is 119 Å². The number of carbonyl (C=O) groups is 4. The zero-order valence-corrected chi connectivity index (χ0v) is 48.1. The van der Waals surface area contributed by atoms with Crippen molar-refractivity contribution in [3.8, 4) is 0 Å². The lowest BCUT2D eigenvalue weighted by molar-refractivity contribution is -0.111. The Bertz CT molecular complexity index is 4120. The molecule has 4 aliphatic heterocycles. The van der Waals surface area contributed by atoms with E-state index < -0.39 is 16.5 Å². The molecule has 1 unspecified atom stereocenters. The average Bonchev–Trinajstić information content (AvgIpc) is 3.21. The fraction of sp³-hybridized carbons (Fsp3) is 0.246. The lowest BCUT2D eigenvalue weighted by Crippen LogP contribution is -2.03. The summed E-state index contributed by atoms with van der Waals surface area (Å²) >= 11 is 3.47. The number of para-hydroxylation sites is 2. The average molecular weight is 1240 g/mol. The third kappa shape index (κ3) is 13.9. The number of amides is 4. The number of nitrogens with zero attached hydrogens (tertiary/aromatic N) is 1. The maximum Gasteiger partial charge on any atom is 0.311 e. The number of hydrogen-bond acceptors (Lipinski definition) is 7. The van der Waals surface area contributed by atoms with Gasteiger partial charge in [0.05, 0.1) is 28.3 Å². The van der Waals surface area contributed by atoms with E-state index in [4.69, 9.17) is 0 Å². The van der Waals surface area contributed by atoms with E-state index in [0.29, 0.717) is 11.1 Å². The number of hydrogen-bond donors (Lipinski definition) is 8. The molecule has 8 aromatic rings. The summed E-state index contributed by atoms with van der Waals surface area (Å²) in [4.78, 5) is 61.7. The topological polar surface area (TPSA) is 226 Å². The number of benzene rings is 4. The minimum atomic E-state index is -2.47. The normalized spacial score (nSPS) is 16.5. The van der Waals surface area contributed by atoms with Gasteiger partial charge in [0.15, 0.2) is 0 Å². The lowest BCUT2D eigenvalue weighted by Gasteiger charge is -2.08. The maximum atomic E-state index is 12.4. The molecule has 0 saturated carbocycles. The van der Waals surface area contributed by atoms with Crippen molar-refractivity contribution in [1.82, 2.24) is 19.9 Å². The first kappa shape index (κ1) is 64.5. The van der Waals surface area contributed by atoms with Gasteiger partial charge in [0.25, 0.3) is 23.6 Å². The van der Waals surface area contributed by atoms with Crippen molar-refractivity contribution in [2.75, 3.05) is 21.3 Å². The molecule has 0 fully saturated rings. The molecule has 2 aliphatic carbocycles. The van der Waals surface area contributed by atoms with E-state index >= 15 is 0 Å². The van der Waals surface area contributed by atoms with Crippen molar-refractivity contribution in [3.63, 3.8) is 0 Å². The third-order valence-corrected chi connectivity index (χ3v) is 16.7. The molecule has 8 heterocycles. The Hall–Kier alpha value is -9.06. The van der Waals surface area contributed by atoms with E-state index in [9.17, 15) is 27.6 Å². The number of aromatic amines is 4. The Morgan fingerprint density at radius 3 is 1.42 bits per heavy atom. The largest absolute Gasteiger partial charge is 0.362 e. The number of rotatable bonds is 6. The van der Waals surface area contributed by atoms with Gasteiger partial charge in [-0.15, -0.1) is 0 Å². The number of fused-ring (bicyclic) bond motifs is 6. The predicted octanol–water partition coefficient (Wildman–Crippen LogP) is 16.1. The van der Waals surface area contributed by atoms with Gasteiger partial charge in [-0.3, -0.25) is 19.2 Å². The van der Waals surface area contributed by atoms with Gasteiger partial charge >= 0.3 is 10.5 Å². The van der Waals surface area contributed by atoms with E-state index in [-0.39, 0.29) is 53.3 Å². The summed E-state index contributed by atoms with van der Waals surface area (Å²) in [6.07, 6.45) is 18.8. The van der Waals surface area contributed by atoms with Crippen LogP contribution in [-0.2, 0) is 55.4 Å². The quantitative estimate of drug-likeness (QED) is 0.0755. The molecule has 4 aromatic carbocycles. The first-order valence-electron chi connectivity index (χ1n) is 27.4. The van der Waals surface area contributed by atoms with Crippen LogP contribution in [0.4, 0.5) is 22.7 Å². The van der Waals surface area contributed by atoms with Crippen LogP contribution in [0, 0.1) is 20.8 Å². The molecule has 17 heteroatoms. The van der Waals surface area contributed by atoms with Crippen LogP contribution in [0.3, 0.4) is 0 Å². The van der Waals surface area contributed by atoms with Gasteiger partial charge < -0.3 is 41.2 Å². The summed E-state index contributed by atoms with van der Waals surface area (Å²) in [6, 6.07) is 34.4. The summed E-state index contributed by atoms with van der Waals surface area (Å²) in [5, 5.41) is 11.5. The van der Waals surface area contributed by atoms with Crippen LogP contribution < -0.4 is 21.3 Å². The minimum Gasteiger partial charge on any atom is -0.362 e. The van der Waals surface area contributed by atoms with Crippen LogP contribution in [0.25, 0.3) is 46.6 Å². The lowest BCUT2D eigenvalue weighted by atomic mass is 9.98. The van der Waals surface area contributed by atoms with Crippen molar-refractivity contribution in [2.24, 2.45) is 4.36 Å². The number of H-pyrrole nitrogens is 4. The van der Waals surface area contributed by atoms with Crippen LogP contribution >= 0.6 is 15.9 Å². The van der Waals surface area contributed by atoms with Crippen LogP contribution in [0.1, 0.15) is 158 Å². The van der Waals surface area contributed by atoms with Crippen LogP contribution in [-0.4, -0.2) is 52.0 Å². The predicted molar refractivity (Wildman–Crippen MR) is 357 cm³/mol. The van der Waals surface area contributed by atoms with Crippen LogP contribution in [0.5, 0.6) is 0 Å². The van der Waals surface area contributed by atoms with Crippen LogP contribution in [0.2, 0.25) is 0 Å². The fourth-order valence-corrected chi connectivity index (χ4v) is 11.9. The van der Waals surface area contributed by atoms with E-state index in [1.165, 1.54) is 59.3 Å². The molecule has 0 bridgehead atoms. The molecule has 8 N–H and O–H groups in total. The van der Waals surface area contributed by atoms with E-state index in [0.717, 1.165) is 120 Å². The molecule has 6 aliphatic rings. The zero-order valence-electron chi connectivity index (χ0n) is 45.7. The molecule has 86 heavy (non-hydrogen) atoms. The second kappa shape index (κ2) is 27.8. The number of nitrogens with one attached hydrogen (secondary N) is 8. The fourth-order valence-electron chi connectivity index (χ4n) is 11.1. The number of anilines is 4. The van der Waals surface area contributed by atoms with Crippen LogP contribution in [0.15, 0.2) is 124 Å². The SMILES string of the molecule is C.C.C.C.CC(N=S(=O)=O)c1ccc2c(c1)/C(=C/c1cc3c([nH]1)CCCC3)C(=O)N2.Cc1[nH]c(/C=C2\C(=O)Nc3ccccc32)c(C)c1C.O=C1Nc2ccc(Br)cc2/C1=C/c1cc2c([nH]1)CCCC2.O=C1Nc2ccccc2/C1=C/c1ccc[nH]1. The molecule has 1 atom stereocenters. The Labute approximate surface area is 514 Å². The summed E-state index contributed by atoms with van der Waals surface area (Å²) in [7, 11) is -2.47. The highest BCUT2D eigenvalue weighted by Gasteiger charge is 2.28. The molecule has 4 aromatic heterocycles. The Balaban J connectivity index is 0.000000164. The first-order valence-corrected chi connectivity index (χ1v) is 29.2. The molecule has 0 radical (unpaired) electrons. The molecule has 0 saturated heterocycles. The molecule has 15 nitrogen and oxygen atoms in total. The summed E-state index contributed by atoms with van der Waals surface area (Å²) in [5.74, 6) is -0.265. The van der Waals surface area contributed by atoms with Crippen molar-refractivity contribution in [3.05, 3.63) is 210 Å². The Kier molecular flexibility index (Phi) is 20.8. The van der Waals surface area contributed by atoms with Gasteiger partial charge in [0.1, 0.15) is 0 Å². The number of aryl methyl sites for hydroxylation is 5. The summed E-state index contributed by atoms with van der Waals surface area (Å²) < 4.78 is 26.3. The standard InChI is InChI=1S/C19H19N3O3S.C17H15BrN2O.C16H16N2O.C13H10N2O.4CH4/c1-11(22-26(24)25)12-6-7-18-15(9-12)16(19(23)21-18)10-14-8-13-4-2-3-5-17(13)20-14;18-11-5-6-16-13(8-11)14(17(21)20-16)9-12-7-10-3-1-2-4-15(10)19-12;1-9-10(2)15(17-11(9)3)8-13-12-6-4-5-7-14(12)18-16(13)19;16-13-11(8-9-4-3-7-14-9)10-5-1-2-6-12(10)15-13;;;;/h6-11,20H,2-5H2,1H3,(H,21,23);5-9,19H,1-4H2,(H,20,21);4-8,17H,1-3H3,(H,18,19);1-8,14H,(H,15,16);4*1H4/b16-10-;14-9-;13-8-;11-8-;;;;. The van der Waals surface area contributed by atoms with Gasteiger partial charge in [0.2, 0.25) is 0 Å². The van der Waals surface area contributed by atoms with Crippen molar-refractivity contribution in [2.45, 2.75) is 115 Å². The molecule has 14 rings (SSSR count). The number of aromatic nitrogens is 4. The molecule has 446 valence electrons. The number of halogens is 1. The monoisotopic (exact) mass is 1240 g/mol. The highest BCUT2D eigenvalue weighted by atomic mass is 79.9. The minimum absolute atomic E-state index is 0. The van der Waals surface area contributed by atoms with Crippen molar-refractivity contribution in [1.29, 1.82) is 0 Å². The molecule has 0 spiro atoms. The van der Waals surface area contributed by atoms with Gasteiger partial charge in [-0.05, 0) is 198 Å². The third-order valence-electron chi connectivity index (χ3n) is 15.7. The Morgan fingerprint density at radius 1 is 0.488 bits per heavy atom. The van der Waals surface area contributed by atoms with Gasteiger partial charge in [0, 0.05) is 95.5 Å². The molecular weight excluding hydrogens is 1160 g/mol. The van der Waals surface area contributed by atoms with Gasteiger partial charge in [-0.25, -0.2) is 0 Å².